The average molecular weight is 270 g/mol. The maximum atomic E-state index is 11.8. The molecular formula is C12H16ClN3O2. The molecule has 0 bridgehead atoms. The van der Waals surface area contributed by atoms with E-state index in [1.54, 1.807) is 31.2 Å². The molecule has 98 valence electrons. The van der Waals surface area contributed by atoms with Crippen molar-refractivity contribution in [3.05, 3.63) is 34.9 Å². The van der Waals surface area contributed by atoms with Crippen molar-refractivity contribution < 1.29 is 9.59 Å². The van der Waals surface area contributed by atoms with E-state index < -0.39 is 6.04 Å². The Kier molecular flexibility index (Phi) is 5.61. The topological polar surface area (TPSA) is 84.2 Å². The molecule has 0 radical (unpaired) electrons. The van der Waals surface area contributed by atoms with E-state index in [1.165, 1.54) is 0 Å². The van der Waals surface area contributed by atoms with Crippen molar-refractivity contribution in [2.75, 3.05) is 13.1 Å². The summed E-state index contributed by atoms with van der Waals surface area (Å²) in [6.45, 7) is 2.36. The normalized spacial score (nSPS) is 11.7. The van der Waals surface area contributed by atoms with Gasteiger partial charge in [-0.25, -0.2) is 0 Å². The van der Waals surface area contributed by atoms with E-state index >= 15 is 0 Å². The first-order valence-electron chi connectivity index (χ1n) is 5.59. The zero-order valence-corrected chi connectivity index (χ0v) is 10.8. The molecule has 0 heterocycles. The number of hydrogen-bond acceptors (Lipinski definition) is 3. The number of nitrogens with two attached hydrogens (primary N) is 1. The van der Waals surface area contributed by atoms with Crippen molar-refractivity contribution in [3.63, 3.8) is 0 Å². The molecule has 0 fully saturated rings. The zero-order valence-electron chi connectivity index (χ0n) is 10.1. The van der Waals surface area contributed by atoms with Gasteiger partial charge in [-0.1, -0.05) is 11.6 Å². The maximum Gasteiger partial charge on any atom is 0.251 e. The molecule has 0 aliphatic carbocycles. The second-order valence-electron chi connectivity index (χ2n) is 3.78. The summed E-state index contributed by atoms with van der Waals surface area (Å²) in [5.74, 6) is -0.579. The molecule has 1 rings (SSSR count). The molecule has 0 aliphatic heterocycles. The molecule has 1 unspecified atom stereocenters. The van der Waals surface area contributed by atoms with Crippen molar-refractivity contribution in [3.8, 4) is 0 Å². The Labute approximate surface area is 111 Å². The van der Waals surface area contributed by atoms with E-state index in [9.17, 15) is 9.59 Å². The largest absolute Gasteiger partial charge is 0.353 e. The first-order chi connectivity index (χ1) is 8.54. The fraction of sp³-hybridized carbons (Fsp3) is 0.333. The van der Waals surface area contributed by atoms with Gasteiger partial charge in [-0.3, -0.25) is 9.59 Å². The van der Waals surface area contributed by atoms with Crippen LogP contribution in [-0.2, 0) is 4.79 Å². The van der Waals surface area contributed by atoms with Crippen LogP contribution in [0, 0.1) is 0 Å². The minimum Gasteiger partial charge on any atom is -0.353 e. The third kappa shape index (κ3) is 4.35. The van der Waals surface area contributed by atoms with Crippen molar-refractivity contribution in [2.45, 2.75) is 13.0 Å². The first-order valence-corrected chi connectivity index (χ1v) is 5.96. The molecule has 4 N–H and O–H groups in total. The van der Waals surface area contributed by atoms with Crippen LogP contribution >= 0.6 is 11.6 Å². The van der Waals surface area contributed by atoms with E-state index in [-0.39, 0.29) is 11.8 Å². The van der Waals surface area contributed by atoms with Gasteiger partial charge in [-0.15, -0.1) is 0 Å². The lowest BCUT2D eigenvalue weighted by Gasteiger charge is -2.13. The highest BCUT2D eigenvalue weighted by molar-refractivity contribution is 6.30. The molecule has 1 aromatic carbocycles. The van der Waals surface area contributed by atoms with Crippen LogP contribution in [0.25, 0.3) is 0 Å². The second kappa shape index (κ2) is 6.98. The Morgan fingerprint density at radius 1 is 1.33 bits per heavy atom. The molecule has 5 nitrogen and oxygen atoms in total. The molecule has 0 saturated heterocycles. The summed E-state index contributed by atoms with van der Waals surface area (Å²) < 4.78 is 0. The van der Waals surface area contributed by atoms with Crippen molar-refractivity contribution in [2.24, 2.45) is 5.73 Å². The van der Waals surface area contributed by atoms with Crippen molar-refractivity contribution in [1.82, 2.24) is 10.6 Å². The van der Waals surface area contributed by atoms with Crippen LogP contribution in [0.1, 0.15) is 17.3 Å². The molecule has 2 amide bonds. The average Bonchev–Trinajstić information content (AvgIpc) is 2.36. The van der Waals surface area contributed by atoms with E-state index in [1.807, 2.05) is 0 Å². The SMILES string of the molecule is CC(NC(=O)c1ccc(Cl)cc1)C(=O)NCCN. The molecular weight excluding hydrogens is 254 g/mol. The summed E-state index contributed by atoms with van der Waals surface area (Å²) in [5.41, 5.74) is 5.73. The number of benzene rings is 1. The Balaban J connectivity index is 2.53. The quantitative estimate of drug-likeness (QED) is 0.729. The summed E-state index contributed by atoms with van der Waals surface area (Å²) in [6, 6.07) is 5.83. The highest BCUT2D eigenvalue weighted by Gasteiger charge is 2.15. The lowest BCUT2D eigenvalue weighted by atomic mass is 10.2. The molecule has 0 saturated carbocycles. The van der Waals surface area contributed by atoms with Gasteiger partial charge in [0.2, 0.25) is 5.91 Å². The number of nitrogens with one attached hydrogen (secondary N) is 2. The van der Waals surface area contributed by atoms with Crippen molar-refractivity contribution >= 4 is 23.4 Å². The predicted octanol–water partition coefficient (Wildman–Crippen LogP) is 0.533. The van der Waals surface area contributed by atoms with Crippen LogP contribution in [0.15, 0.2) is 24.3 Å². The van der Waals surface area contributed by atoms with Gasteiger partial charge < -0.3 is 16.4 Å². The smallest absolute Gasteiger partial charge is 0.251 e. The predicted molar refractivity (Wildman–Crippen MR) is 70.4 cm³/mol. The third-order valence-corrected chi connectivity index (χ3v) is 2.54. The number of carbonyl (C=O) groups excluding carboxylic acids is 2. The van der Waals surface area contributed by atoms with Crippen LogP contribution in [0.2, 0.25) is 5.02 Å². The fourth-order valence-corrected chi connectivity index (χ4v) is 1.42. The minimum atomic E-state index is -0.611. The van der Waals surface area contributed by atoms with Crippen LogP contribution in [-0.4, -0.2) is 30.9 Å². The summed E-state index contributed by atoms with van der Waals surface area (Å²) in [4.78, 5) is 23.3. The number of rotatable bonds is 5. The molecule has 0 spiro atoms. The first kappa shape index (κ1) is 14.5. The van der Waals surface area contributed by atoms with E-state index in [2.05, 4.69) is 10.6 Å². The standard InChI is InChI=1S/C12H16ClN3O2/c1-8(11(17)15-7-6-14)16-12(18)9-2-4-10(13)5-3-9/h2-5,8H,6-7,14H2,1H3,(H,15,17)(H,16,18). The highest BCUT2D eigenvalue weighted by atomic mass is 35.5. The van der Waals surface area contributed by atoms with Crippen LogP contribution < -0.4 is 16.4 Å². The van der Waals surface area contributed by atoms with Crippen LogP contribution in [0.3, 0.4) is 0 Å². The Hall–Kier alpha value is -1.59. The summed E-state index contributed by atoms with van der Waals surface area (Å²) >= 11 is 5.72. The Morgan fingerprint density at radius 3 is 2.50 bits per heavy atom. The number of hydrogen-bond donors (Lipinski definition) is 3. The van der Waals surface area contributed by atoms with E-state index in [4.69, 9.17) is 17.3 Å². The maximum absolute atomic E-state index is 11.8. The third-order valence-electron chi connectivity index (χ3n) is 2.29. The Morgan fingerprint density at radius 2 is 1.94 bits per heavy atom. The summed E-state index contributed by atoms with van der Waals surface area (Å²) in [7, 11) is 0. The van der Waals surface area contributed by atoms with Gasteiger partial charge in [0.15, 0.2) is 0 Å². The van der Waals surface area contributed by atoms with Crippen LogP contribution in [0.5, 0.6) is 0 Å². The van der Waals surface area contributed by atoms with Gasteiger partial charge >= 0.3 is 0 Å². The Bertz CT molecular complexity index is 420. The van der Waals surface area contributed by atoms with Gasteiger partial charge in [0.25, 0.3) is 5.91 Å². The lowest BCUT2D eigenvalue weighted by Crippen LogP contribution is -2.45. The summed E-state index contributed by atoms with van der Waals surface area (Å²) in [6.07, 6.45) is 0. The van der Waals surface area contributed by atoms with Gasteiger partial charge in [-0.05, 0) is 31.2 Å². The lowest BCUT2D eigenvalue weighted by molar-refractivity contribution is -0.122. The molecule has 0 aromatic heterocycles. The highest BCUT2D eigenvalue weighted by Crippen LogP contribution is 2.09. The number of halogens is 1. The van der Waals surface area contributed by atoms with Gasteiger partial charge in [0, 0.05) is 23.7 Å². The fourth-order valence-electron chi connectivity index (χ4n) is 1.30. The van der Waals surface area contributed by atoms with Gasteiger partial charge in [0.05, 0.1) is 0 Å². The molecule has 6 heteroatoms. The zero-order chi connectivity index (χ0) is 13.5. The molecule has 0 aliphatic rings. The minimum absolute atomic E-state index is 0.261. The van der Waals surface area contributed by atoms with Crippen molar-refractivity contribution in [1.29, 1.82) is 0 Å². The summed E-state index contributed by atoms with van der Waals surface area (Å²) in [5, 5.41) is 5.74. The van der Waals surface area contributed by atoms with Gasteiger partial charge in [0.1, 0.15) is 6.04 Å². The molecule has 1 atom stereocenters. The number of carbonyl (C=O) groups is 2. The van der Waals surface area contributed by atoms with E-state index in [0.717, 1.165) is 0 Å². The molecule has 1 aromatic rings. The second-order valence-corrected chi connectivity index (χ2v) is 4.22. The molecule has 18 heavy (non-hydrogen) atoms. The van der Waals surface area contributed by atoms with Gasteiger partial charge in [-0.2, -0.15) is 0 Å². The monoisotopic (exact) mass is 269 g/mol. The van der Waals surface area contributed by atoms with Crippen LogP contribution in [0.4, 0.5) is 0 Å². The number of amides is 2. The van der Waals surface area contributed by atoms with E-state index in [0.29, 0.717) is 23.7 Å².